The Morgan fingerprint density at radius 1 is 1.04 bits per heavy atom. The Hall–Kier alpha value is -4.72. The van der Waals surface area contributed by atoms with Crippen molar-refractivity contribution in [1.29, 1.82) is 0 Å². The van der Waals surface area contributed by atoms with Crippen LogP contribution in [-0.2, 0) is 39.9 Å². The lowest BCUT2D eigenvalue weighted by Crippen LogP contribution is -2.44. The molecule has 0 spiro atoms. The molecule has 3 aromatic carbocycles. The van der Waals surface area contributed by atoms with Crippen LogP contribution in [0.5, 0.6) is 11.5 Å². The lowest BCUT2D eigenvalue weighted by atomic mass is 9.71. The van der Waals surface area contributed by atoms with Crippen LogP contribution in [0.4, 0.5) is 17.6 Å². The number of aryl methyl sites for hydroxylation is 3. The van der Waals surface area contributed by atoms with Crippen LogP contribution < -0.4 is 4.74 Å². The molecule has 51 heavy (non-hydrogen) atoms. The highest BCUT2D eigenvalue weighted by atomic mass is 32.2. The average Bonchev–Trinajstić information content (AvgIpc) is 3.69. The normalized spacial score (nSPS) is 20.2. The van der Waals surface area contributed by atoms with Crippen LogP contribution in [0.3, 0.4) is 0 Å². The monoisotopic (exact) mass is 726 g/mol. The Morgan fingerprint density at radius 3 is 2.55 bits per heavy atom. The van der Waals surface area contributed by atoms with E-state index in [2.05, 4.69) is 10.1 Å². The van der Waals surface area contributed by atoms with Gasteiger partial charge in [-0.3, -0.25) is 4.79 Å². The zero-order valence-corrected chi connectivity index (χ0v) is 29.4. The average molecular weight is 727 g/mol. The molecule has 5 aromatic rings. The van der Waals surface area contributed by atoms with Crippen LogP contribution >= 0.6 is 0 Å². The van der Waals surface area contributed by atoms with E-state index in [9.17, 15) is 18.3 Å². The number of benzene rings is 3. The number of nitrogens with one attached hydrogen (secondary N) is 1. The predicted octanol–water partition coefficient (Wildman–Crippen LogP) is 7.77. The van der Waals surface area contributed by atoms with Gasteiger partial charge in [-0.15, -0.1) is 0 Å². The second-order valence-corrected chi connectivity index (χ2v) is 16.3. The molecule has 1 aliphatic heterocycles. The number of ether oxygens (including phenoxy) is 1. The summed E-state index contributed by atoms with van der Waals surface area (Å²) < 4.78 is 97.7. The number of H-pyrrole nitrogens is 1. The minimum Gasteiger partial charge on any atom is -0.481 e. The second-order valence-electron chi connectivity index (χ2n) is 14.1. The lowest BCUT2D eigenvalue weighted by Gasteiger charge is -2.37. The van der Waals surface area contributed by atoms with Gasteiger partial charge in [0.25, 0.3) is 5.92 Å². The van der Waals surface area contributed by atoms with E-state index in [1.54, 1.807) is 50.5 Å². The minimum atomic E-state index is -4.41. The number of aliphatic carboxylic acids is 1. The second kappa shape index (κ2) is 13.1. The first-order valence-electron chi connectivity index (χ1n) is 16.5. The number of carboxylic acids is 1. The van der Waals surface area contributed by atoms with Crippen molar-refractivity contribution in [3.05, 3.63) is 94.9 Å². The van der Waals surface area contributed by atoms with Crippen LogP contribution in [0.25, 0.3) is 22.3 Å². The Morgan fingerprint density at radius 2 is 1.80 bits per heavy atom. The fraction of sp³-hybridized carbons (Fsp3) is 0.378. The van der Waals surface area contributed by atoms with Crippen LogP contribution in [0.15, 0.2) is 60.8 Å². The molecule has 6 rings (SSSR count). The molecule has 3 heterocycles. The molecule has 9 nitrogen and oxygen atoms in total. The third kappa shape index (κ3) is 7.10. The Balaban J connectivity index is 1.54. The number of fused-ring (bicyclic) bond motifs is 8. The summed E-state index contributed by atoms with van der Waals surface area (Å²) >= 11 is 0. The lowest BCUT2D eigenvalue weighted by molar-refractivity contribution is -0.136. The van der Waals surface area contributed by atoms with Gasteiger partial charge in [-0.05, 0) is 68.0 Å². The minimum absolute atomic E-state index is 0.0217. The first-order valence-corrected chi connectivity index (χ1v) is 18.3. The maximum absolute atomic E-state index is 16.2. The molecule has 0 fully saturated rings. The maximum atomic E-state index is 16.2. The summed E-state index contributed by atoms with van der Waals surface area (Å²) in [4.78, 5) is 18.9. The van der Waals surface area contributed by atoms with Crippen molar-refractivity contribution >= 4 is 26.7 Å². The van der Waals surface area contributed by atoms with E-state index in [-0.39, 0.29) is 66.4 Å². The third-order valence-electron chi connectivity index (χ3n) is 10.0. The molecule has 1 aliphatic rings. The number of rotatable bonds is 4. The Labute approximate surface area is 292 Å². The molecule has 14 heteroatoms. The van der Waals surface area contributed by atoms with Crippen LogP contribution in [0.1, 0.15) is 62.5 Å². The summed E-state index contributed by atoms with van der Waals surface area (Å²) in [5, 5.41) is 14.3. The van der Waals surface area contributed by atoms with Gasteiger partial charge in [0.1, 0.15) is 17.3 Å². The van der Waals surface area contributed by atoms with Gasteiger partial charge >= 0.3 is 5.97 Å². The van der Waals surface area contributed by atoms with Crippen molar-refractivity contribution in [3.8, 4) is 22.9 Å². The molecule has 0 radical (unpaired) electrons. The molecule has 0 saturated heterocycles. The fourth-order valence-electron chi connectivity index (χ4n) is 6.55. The van der Waals surface area contributed by atoms with E-state index in [4.69, 9.17) is 9.72 Å². The molecule has 4 bridgehead atoms. The third-order valence-corrected chi connectivity index (χ3v) is 11.6. The Bertz CT molecular complexity index is 2250. The van der Waals surface area contributed by atoms with Gasteiger partial charge in [0.05, 0.1) is 16.7 Å². The van der Waals surface area contributed by atoms with Crippen molar-refractivity contribution < 1.29 is 40.6 Å². The fourth-order valence-corrected chi connectivity index (χ4v) is 8.15. The van der Waals surface area contributed by atoms with Gasteiger partial charge in [-0.2, -0.15) is 5.10 Å². The number of carbonyl (C=O) groups is 1. The SMILES string of the molecule is Cn1nc2nc1-c1cc(ccc1F)Oc1c(F)cc3[nH]ccc3c1CCS(=O)(=O)CC(F)(F)C(C)(C)CCC2(C)c1cccc(CCC(=O)O)c1. The van der Waals surface area contributed by atoms with Crippen LogP contribution in [0, 0.1) is 17.0 Å². The van der Waals surface area contributed by atoms with Crippen molar-refractivity contribution in [2.24, 2.45) is 12.5 Å². The van der Waals surface area contributed by atoms with E-state index in [1.807, 2.05) is 0 Å². The number of aromatic nitrogens is 4. The molecule has 1 atom stereocenters. The van der Waals surface area contributed by atoms with Gasteiger partial charge in [0.15, 0.2) is 33.1 Å². The van der Waals surface area contributed by atoms with Gasteiger partial charge in [-0.1, -0.05) is 38.1 Å². The van der Waals surface area contributed by atoms with E-state index in [0.29, 0.717) is 22.0 Å². The molecular weight excluding hydrogens is 688 g/mol. The topological polar surface area (TPSA) is 127 Å². The number of hydrogen-bond donors (Lipinski definition) is 2. The van der Waals surface area contributed by atoms with Crippen molar-refractivity contribution in [2.45, 2.75) is 64.2 Å². The van der Waals surface area contributed by atoms with E-state index >= 15 is 17.6 Å². The summed E-state index contributed by atoms with van der Waals surface area (Å²) in [6, 6.07) is 13.6. The summed E-state index contributed by atoms with van der Waals surface area (Å²) in [6.07, 6.45) is 1.18. The molecule has 2 N–H and O–H groups in total. The van der Waals surface area contributed by atoms with Crippen LogP contribution in [0.2, 0.25) is 0 Å². The quantitative estimate of drug-likeness (QED) is 0.181. The van der Waals surface area contributed by atoms with Crippen molar-refractivity contribution in [3.63, 3.8) is 0 Å². The number of carboxylic acid groups (broad SMARTS) is 1. The largest absolute Gasteiger partial charge is 0.481 e. The maximum Gasteiger partial charge on any atom is 0.303 e. The van der Waals surface area contributed by atoms with E-state index < -0.39 is 55.7 Å². The standard InChI is InChI=1S/C37H38F4N4O5S/c1-35(2)14-15-36(3,23-7-5-6-22(18-23)8-11-31(46)47)34-43-33(45(4)44-34)27-19-24(9-10-28(27)38)50-32-26(13-17-51(48,49)21-37(35,40)41)25-12-16-42-30(25)20-29(32)39/h5-7,9-10,12,16,18-20,42H,8,11,13-15,17,21H2,1-4H3,(H,46,47). The molecule has 270 valence electrons. The van der Waals surface area contributed by atoms with Gasteiger partial charge in [0.2, 0.25) is 0 Å². The van der Waals surface area contributed by atoms with Crippen LogP contribution in [-0.4, -0.2) is 56.7 Å². The number of hydrogen-bond acceptors (Lipinski definition) is 6. The smallest absolute Gasteiger partial charge is 0.303 e. The zero-order chi connectivity index (χ0) is 36.9. The van der Waals surface area contributed by atoms with Gasteiger partial charge in [0, 0.05) is 47.6 Å². The van der Waals surface area contributed by atoms with Crippen molar-refractivity contribution in [1.82, 2.24) is 19.7 Å². The summed E-state index contributed by atoms with van der Waals surface area (Å²) in [7, 11) is -2.85. The first-order chi connectivity index (χ1) is 23.9. The summed E-state index contributed by atoms with van der Waals surface area (Å²) in [6.45, 7) is 4.39. The number of halogens is 4. The zero-order valence-electron chi connectivity index (χ0n) is 28.6. The number of aromatic amines is 1. The molecule has 2 aromatic heterocycles. The highest BCUT2D eigenvalue weighted by Crippen LogP contribution is 2.46. The molecular formula is C37H38F4N4O5S. The number of alkyl halides is 2. The number of nitrogens with zero attached hydrogens (tertiary/aromatic N) is 3. The Kier molecular flexibility index (Phi) is 9.28. The number of sulfone groups is 1. The molecule has 0 amide bonds. The molecule has 0 saturated carbocycles. The van der Waals surface area contributed by atoms with E-state index in [0.717, 1.165) is 6.07 Å². The van der Waals surface area contributed by atoms with E-state index in [1.165, 1.54) is 36.7 Å². The highest BCUT2D eigenvalue weighted by Gasteiger charge is 2.50. The van der Waals surface area contributed by atoms with Gasteiger partial charge < -0.3 is 14.8 Å². The molecule has 1 unspecified atom stereocenters. The van der Waals surface area contributed by atoms with Gasteiger partial charge in [-0.25, -0.2) is 35.6 Å². The highest BCUT2D eigenvalue weighted by molar-refractivity contribution is 7.91. The predicted molar refractivity (Wildman–Crippen MR) is 184 cm³/mol. The first kappa shape index (κ1) is 36.1. The summed E-state index contributed by atoms with van der Waals surface area (Å²) in [5.74, 6) is -8.30. The molecule has 0 aliphatic carbocycles. The summed E-state index contributed by atoms with van der Waals surface area (Å²) in [5.41, 5.74) is -1.19. The van der Waals surface area contributed by atoms with Crippen molar-refractivity contribution in [2.75, 3.05) is 11.5 Å².